The van der Waals surface area contributed by atoms with E-state index < -0.39 is 0 Å². The first-order valence-electron chi connectivity index (χ1n) is 6.05. The fourth-order valence-corrected chi connectivity index (χ4v) is 2.91. The number of nitrogens with zero attached hydrogens (tertiary/aromatic N) is 2. The number of aryl methyl sites for hydroxylation is 2. The van der Waals surface area contributed by atoms with Gasteiger partial charge in [0.1, 0.15) is 0 Å². The topological polar surface area (TPSA) is 29.9 Å². The fourth-order valence-electron chi connectivity index (χ4n) is 2.09. The molecular formula is C13H19N3S. The third-order valence-corrected chi connectivity index (χ3v) is 3.76. The molecule has 0 spiro atoms. The van der Waals surface area contributed by atoms with Gasteiger partial charge in [-0.3, -0.25) is 4.68 Å². The fraction of sp³-hybridized carbons (Fsp3) is 0.462. The van der Waals surface area contributed by atoms with Crippen molar-refractivity contribution in [2.45, 2.75) is 26.3 Å². The molecule has 2 heterocycles. The summed E-state index contributed by atoms with van der Waals surface area (Å²) >= 11 is 1.79. The second kappa shape index (κ2) is 5.47. The molecule has 2 aromatic rings. The van der Waals surface area contributed by atoms with Crippen molar-refractivity contribution < 1.29 is 0 Å². The summed E-state index contributed by atoms with van der Waals surface area (Å²) in [6.45, 7) is 5.26. The minimum absolute atomic E-state index is 0.281. The quantitative estimate of drug-likeness (QED) is 0.883. The standard InChI is InChI=1S/C13H19N3S/c1-4-11-10(9-16(3)15-11)13(14-5-2)12-7-6-8-17-12/h6-9,13-14H,4-5H2,1-3H3. The summed E-state index contributed by atoms with van der Waals surface area (Å²) in [5.74, 6) is 0. The van der Waals surface area contributed by atoms with Crippen LogP contribution in [0.15, 0.2) is 23.7 Å². The SMILES string of the molecule is CCNC(c1cccs1)c1cn(C)nc1CC. The van der Waals surface area contributed by atoms with Gasteiger partial charge < -0.3 is 5.32 Å². The highest BCUT2D eigenvalue weighted by molar-refractivity contribution is 7.10. The van der Waals surface area contributed by atoms with Gasteiger partial charge in [-0.05, 0) is 24.4 Å². The average molecular weight is 249 g/mol. The van der Waals surface area contributed by atoms with Crippen molar-refractivity contribution in [3.8, 4) is 0 Å². The van der Waals surface area contributed by atoms with E-state index in [-0.39, 0.29) is 6.04 Å². The Balaban J connectivity index is 2.38. The maximum Gasteiger partial charge on any atom is 0.0704 e. The lowest BCUT2D eigenvalue weighted by Crippen LogP contribution is -2.21. The molecule has 17 heavy (non-hydrogen) atoms. The van der Waals surface area contributed by atoms with Gasteiger partial charge in [0.15, 0.2) is 0 Å². The van der Waals surface area contributed by atoms with Crippen LogP contribution < -0.4 is 5.32 Å². The summed E-state index contributed by atoms with van der Waals surface area (Å²) < 4.78 is 1.91. The highest BCUT2D eigenvalue weighted by Crippen LogP contribution is 2.28. The van der Waals surface area contributed by atoms with E-state index in [4.69, 9.17) is 0 Å². The normalized spacial score (nSPS) is 12.9. The van der Waals surface area contributed by atoms with Crippen molar-refractivity contribution in [3.05, 3.63) is 39.8 Å². The van der Waals surface area contributed by atoms with Gasteiger partial charge in [0.25, 0.3) is 0 Å². The van der Waals surface area contributed by atoms with Crippen LogP contribution in [0, 0.1) is 0 Å². The van der Waals surface area contributed by atoms with E-state index in [1.165, 1.54) is 16.1 Å². The van der Waals surface area contributed by atoms with E-state index in [9.17, 15) is 0 Å². The molecule has 0 aliphatic rings. The van der Waals surface area contributed by atoms with Gasteiger partial charge in [-0.25, -0.2) is 0 Å². The first-order chi connectivity index (χ1) is 8.26. The molecule has 0 aliphatic carbocycles. The molecule has 1 N–H and O–H groups in total. The Morgan fingerprint density at radius 3 is 2.88 bits per heavy atom. The lowest BCUT2D eigenvalue weighted by Gasteiger charge is -2.16. The van der Waals surface area contributed by atoms with E-state index >= 15 is 0 Å². The number of thiophene rings is 1. The van der Waals surface area contributed by atoms with Crippen molar-refractivity contribution in [1.29, 1.82) is 0 Å². The Hall–Kier alpha value is -1.13. The average Bonchev–Trinajstić information content (AvgIpc) is 2.94. The molecule has 1 atom stereocenters. The van der Waals surface area contributed by atoms with Crippen LogP contribution in [-0.4, -0.2) is 16.3 Å². The number of hydrogen-bond acceptors (Lipinski definition) is 3. The van der Waals surface area contributed by atoms with Crippen LogP contribution in [0.1, 0.15) is 36.0 Å². The zero-order valence-corrected chi connectivity index (χ0v) is 11.4. The summed E-state index contributed by atoms with van der Waals surface area (Å²) in [6.07, 6.45) is 3.11. The zero-order valence-electron chi connectivity index (χ0n) is 10.6. The molecule has 0 aromatic carbocycles. The molecule has 0 saturated heterocycles. The lowest BCUT2D eigenvalue weighted by molar-refractivity contribution is 0.634. The maximum absolute atomic E-state index is 4.52. The van der Waals surface area contributed by atoms with Gasteiger partial charge in [-0.2, -0.15) is 5.10 Å². The molecule has 2 aromatic heterocycles. The molecule has 3 nitrogen and oxygen atoms in total. The second-order valence-corrected chi connectivity index (χ2v) is 5.04. The van der Waals surface area contributed by atoms with Crippen molar-refractivity contribution >= 4 is 11.3 Å². The van der Waals surface area contributed by atoms with E-state index in [1.807, 2.05) is 11.7 Å². The van der Waals surface area contributed by atoms with Crippen molar-refractivity contribution in [1.82, 2.24) is 15.1 Å². The van der Waals surface area contributed by atoms with E-state index in [2.05, 4.69) is 48.0 Å². The number of rotatable bonds is 5. The molecule has 0 amide bonds. The third kappa shape index (κ3) is 2.58. The van der Waals surface area contributed by atoms with E-state index in [0.29, 0.717) is 0 Å². The number of aromatic nitrogens is 2. The highest BCUT2D eigenvalue weighted by Gasteiger charge is 2.19. The monoisotopic (exact) mass is 249 g/mol. The first kappa shape index (κ1) is 12.3. The van der Waals surface area contributed by atoms with Crippen LogP contribution in [0.5, 0.6) is 0 Å². The zero-order chi connectivity index (χ0) is 12.3. The van der Waals surface area contributed by atoms with Gasteiger partial charge >= 0.3 is 0 Å². The van der Waals surface area contributed by atoms with Crippen LogP contribution in [0.3, 0.4) is 0 Å². The largest absolute Gasteiger partial charge is 0.306 e. The van der Waals surface area contributed by atoms with E-state index in [1.54, 1.807) is 11.3 Å². The maximum atomic E-state index is 4.52. The summed E-state index contributed by atoms with van der Waals surface area (Å²) in [6, 6.07) is 4.57. The minimum Gasteiger partial charge on any atom is -0.306 e. The molecule has 0 bridgehead atoms. The molecule has 1 unspecified atom stereocenters. The number of hydrogen-bond donors (Lipinski definition) is 1. The highest BCUT2D eigenvalue weighted by atomic mass is 32.1. The van der Waals surface area contributed by atoms with Gasteiger partial charge in [0.2, 0.25) is 0 Å². The predicted octanol–water partition coefficient (Wildman–Crippen LogP) is 2.74. The Labute approximate surface area is 106 Å². The summed E-state index contributed by atoms with van der Waals surface area (Å²) in [4.78, 5) is 1.36. The van der Waals surface area contributed by atoms with Gasteiger partial charge in [-0.15, -0.1) is 11.3 Å². The first-order valence-corrected chi connectivity index (χ1v) is 6.93. The van der Waals surface area contributed by atoms with Crippen molar-refractivity contribution in [2.75, 3.05) is 6.54 Å². The Bertz CT molecular complexity index is 459. The van der Waals surface area contributed by atoms with Gasteiger partial charge in [-0.1, -0.05) is 19.9 Å². The van der Waals surface area contributed by atoms with Gasteiger partial charge in [0.05, 0.1) is 11.7 Å². The van der Waals surface area contributed by atoms with Crippen molar-refractivity contribution in [3.63, 3.8) is 0 Å². The molecule has 0 aliphatic heterocycles. The molecule has 4 heteroatoms. The molecule has 2 rings (SSSR count). The molecular weight excluding hydrogens is 230 g/mol. The molecule has 0 saturated carbocycles. The summed E-state index contributed by atoms with van der Waals surface area (Å²) in [5.41, 5.74) is 2.49. The Kier molecular flexibility index (Phi) is 3.97. The van der Waals surface area contributed by atoms with Crippen LogP contribution in [0.25, 0.3) is 0 Å². The predicted molar refractivity (Wildman–Crippen MR) is 72.4 cm³/mol. The Morgan fingerprint density at radius 1 is 1.47 bits per heavy atom. The van der Waals surface area contributed by atoms with E-state index in [0.717, 1.165) is 13.0 Å². The van der Waals surface area contributed by atoms with Crippen LogP contribution in [-0.2, 0) is 13.5 Å². The number of nitrogens with one attached hydrogen (secondary N) is 1. The molecule has 92 valence electrons. The third-order valence-electron chi connectivity index (χ3n) is 2.82. The Morgan fingerprint density at radius 2 is 2.29 bits per heavy atom. The van der Waals surface area contributed by atoms with Crippen molar-refractivity contribution in [2.24, 2.45) is 7.05 Å². The van der Waals surface area contributed by atoms with Crippen LogP contribution in [0.2, 0.25) is 0 Å². The smallest absolute Gasteiger partial charge is 0.0704 e. The van der Waals surface area contributed by atoms with Crippen LogP contribution in [0.4, 0.5) is 0 Å². The lowest BCUT2D eigenvalue weighted by atomic mass is 10.0. The summed E-state index contributed by atoms with van der Waals surface area (Å²) in [7, 11) is 1.99. The minimum atomic E-state index is 0.281. The second-order valence-electron chi connectivity index (χ2n) is 4.06. The van der Waals surface area contributed by atoms with Gasteiger partial charge in [0, 0.05) is 23.7 Å². The molecule has 0 radical (unpaired) electrons. The van der Waals surface area contributed by atoms with Crippen LogP contribution >= 0.6 is 11.3 Å². The summed E-state index contributed by atoms with van der Waals surface area (Å²) in [5, 5.41) is 10.2. The molecule has 0 fully saturated rings.